The molecule has 2 aromatic rings. The number of benzene rings is 2. The summed E-state index contributed by atoms with van der Waals surface area (Å²) >= 11 is 11.9. The second kappa shape index (κ2) is 12.9. The van der Waals surface area contributed by atoms with Crippen molar-refractivity contribution in [1.82, 2.24) is 0 Å². The molecule has 142 valence electrons. The number of rotatable bonds is 13. The van der Waals surface area contributed by atoms with Gasteiger partial charge in [-0.25, -0.2) is 0 Å². The Balaban J connectivity index is 1.68. The minimum Gasteiger partial charge on any atom is -0.370 e. The molecule has 0 bridgehead atoms. The molecule has 0 aliphatic carbocycles. The van der Waals surface area contributed by atoms with E-state index in [4.69, 9.17) is 23.2 Å². The number of nitrogens with zero attached hydrogens (tertiary/aromatic N) is 2. The Kier molecular flexibility index (Phi) is 10.4. The third kappa shape index (κ3) is 7.47. The van der Waals surface area contributed by atoms with Gasteiger partial charge < -0.3 is 9.80 Å². The first-order chi connectivity index (χ1) is 12.8. The van der Waals surface area contributed by atoms with E-state index in [1.54, 1.807) is 0 Å². The number of hydrogen-bond donors (Lipinski definition) is 0. The van der Waals surface area contributed by atoms with Gasteiger partial charge in [0.05, 0.1) is 0 Å². The average molecular weight is 393 g/mol. The number of hydrogen-bond acceptors (Lipinski definition) is 2. The molecule has 0 saturated heterocycles. The topological polar surface area (TPSA) is 6.48 Å². The van der Waals surface area contributed by atoms with Gasteiger partial charge in [0.1, 0.15) is 0 Å². The zero-order chi connectivity index (χ0) is 18.5. The summed E-state index contributed by atoms with van der Waals surface area (Å²) in [5.41, 5.74) is 2.54. The lowest BCUT2D eigenvalue weighted by molar-refractivity contribution is 0.620. The van der Waals surface area contributed by atoms with Crippen LogP contribution in [0.25, 0.3) is 0 Å². The zero-order valence-corrected chi connectivity index (χ0v) is 17.0. The highest BCUT2D eigenvalue weighted by molar-refractivity contribution is 6.18. The first-order valence-corrected chi connectivity index (χ1v) is 10.6. The van der Waals surface area contributed by atoms with E-state index in [1.807, 2.05) is 0 Å². The Hall–Kier alpha value is -1.38. The molecule has 2 rings (SSSR count). The van der Waals surface area contributed by atoms with Gasteiger partial charge in [-0.1, -0.05) is 49.2 Å². The van der Waals surface area contributed by atoms with Gasteiger partial charge in [-0.05, 0) is 37.1 Å². The Bertz CT molecular complexity index is 524. The van der Waals surface area contributed by atoms with Crippen molar-refractivity contribution in [1.29, 1.82) is 0 Å². The highest BCUT2D eigenvalue weighted by Crippen LogP contribution is 2.16. The summed E-state index contributed by atoms with van der Waals surface area (Å²) in [5.74, 6) is 1.33. The summed E-state index contributed by atoms with van der Waals surface area (Å²) in [7, 11) is 0. The lowest BCUT2D eigenvalue weighted by Crippen LogP contribution is -2.27. The lowest BCUT2D eigenvalue weighted by Gasteiger charge is -2.25. The maximum atomic E-state index is 5.97. The van der Waals surface area contributed by atoms with Gasteiger partial charge >= 0.3 is 0 Å². The van der Waals surface area contributed by atoms with Crippen LogP contribution in [0.1, 0.15) is 25.7 Å². The van der Waals surface area contributed by atoms with E-state index in [9.17, 15) is 0 Å². The van der Waals surface area contributed by atoms with Crippen LogP contribution >= 0.6 is 23.2 Å². The molecule has 0 radical (unpaired) electrons. The van der Waals surface area contributed by atoms with Crippen molar-refractivity contribution in [3.8, 4) is 0 Å². The van der Waals surface area contributed by atoms with Crippen molar-refractivity contribution < 1.29 is 0 Å². The predicted octanol–water partition coefficient (Wildman–Crippen LogP) is 6.04. The molecule has 4 heteroatoms. The van der Waals surface area contributed by atoms with Crippen molar-refractivity contribution >= 4 is 34.6 Å². The van der Waals surface area contributed by atoms with E-state index in [0.29, 0.717) is 11.8 Å². The van der Waals surface area contributed by atoms with Gasteiger partial charge in [-0.3, -0.25) is 0 Å². The maximum Gasteiger partial charge on any atom is 0.0399 e. The Labute approximate surface area is 168 Å². The molecular weight excluding hydrogens is 363 g/mol. The summed E-state index contributed by atoms with van der Waals surface area (Å²) in [5, 5.41) is 0. The van der Waals surface area contributed by atoms with E-state index in [0.717, 1.165) is 26.2 Å². The van der Waals surface area contributed by atoms with Gasteiger partial charge in [-0.15, -0.1) is 23.2 Å². The second-order valence-electron chi connectivity index (χ2n) is 6.44. The van der Waals surface area contributed by atoms with Gasteiger partial charge in [0.25, 0.3) is 0 Å². The van der Waals surface area contributed by atoms with Crippen LogP contribution in [0.15, 0.2) is 60.7 Å². The van der Waals surface area contributed by atoms with Crippen molar-refractivity contribution in [3.05, 3.63) is 60.7 Å². The smallest absolute Gasteiger partial charge is 0.0399 e. The molecule has 0 atom stereocenters. The van der Waals surface area contributed by atoms with Gasteiger partial charge in [0, 0.05) is 49.3 Å². The number of unbranched alkanes of at least 4 members (excludes halogenated alkanes) is 3. The molecule has 0 N–H and O–H groups in total. The number of alkyl halides is 2. The van der Waals surface area contributed by atoms with E-state index in [-0.39, 0.29) is 0 Å². The molecule has 0 saturated carbocycles. The molecule has 0 heterocycles. The van der Waals surface area contributed by atoms with Gasteiger partial charge in [0.2, 0.25) is 0 Å². The first kappa shape index (κ1) is 20.9. The first-order valence-electron chi connectivity index (χ1n) is 9.57. The normalized spacial score (nSPS) is 10.7. The molecule has 0 aliphatic rings. The zero-order valence-electron chi connectivity index (χ0n) is 15.5. The highest BCUT2D eigenvalue weighted by atomic mass is 35.5. The van der Waals surface area contributed by atoms with E-state index in [2.05, 4.69) is 70.5 Å². The van der Waals surface area contributed by atoms with Crippen LogP contribution < -0.4 is 9.80 Å². The molecule has 0 fully saturated rings. The van der Waals surface area contributed by atoms with E-state index < -0.39 is 0 Å². The maximum absolute atomic E-state index is 5.97. The van der Waals surface area contributed by atoms with Crippen LogP contribution in [-0.2, 0) is 0 Å². The van der Waals surface area contributed by atoms with Gasteiger partial charge in [-0.2, -0.15) is 0 Å². The largest absolute Gasteiger partial charge is 0.370 e. The standard InChI is InChI=1S/C22H30Cl2N2/c23-15-19-25(21-11-5-3-6-12-21)17-9-1-2-10-18-26(20-16-24)22-13-7-4-8-14-22/h3-8,11-14H,1-2,9-10,15-20H2. The Morgan fingerprint density at radius 1 is 0.500 bits per heavy atom. The van der Waals surface area contributed by atoms with Crippen molar-refractivity contribution in [2.45, 2.75) is 25.7 Å². The average Bonchev–Trinajstić information content (AvgIpc) is 2.70. The molecule has 26 heavy (non-hydrogen) atoms. The third-order valence-corrected chi connectivity index (χ3v) is 4.90. The molecule has 0 spiro atoms. The van der Waals surface area contributed by atoms with Crippen LogP contribution in [0, 0.1) is 0 Å². The molecule has 0 aromatic heterocycles. The van der Waals surface area contributed by atoms with Gasteiger partial charge in [0.15, 0.2) is 0 Å². The molecule has 0 aliphatic heterocycles. The van der Waals surface area contributed by atoms with Crippen LogP contribution in [0.3, 0.4) is 0 Å². The number of halogens is 2. The Morgan fingerprint density at radius 2 is 0.885 bits per heavy atom. The summed E-state index contributed by atoms with van der Waals surface area (Å²) < 4.78 is 0. The van der Waals surface area contributed by atoms with Crippen molar-refractivity contribution in [3.63, 3.8) is 0 Å². The van der Waals surface area contributed by atoms with Crippen molar-refractivity contribution in [2.24, 2.45) is 0 Å². The molecule has 2 aromatic carbocycles. The second-order valence-corrected chi connectivity index (χ2v) is 7.19. The van der Waals surface area contributed by atoms with Crippen molar-refractivity contribution in [2.75, 3.05) is 47.7 Å². The monoisotopic (exact) mass is 392 g/mol. The minimum atomic E-state index is 0.666. The van der Waals surface area contributed by atoms with E-state index >= 15 is 0 Å². The minimum absolute atomic E-state index is 0.666. The van der Waals surface area contributed by atoms with Crippen LogP contribution in [-0.4, -0.2) is 37.9 Å². The summed E-state index contributed by atoms with van der Waals surface area (Å²) in [6, 6.07) is 21.1. The summed E-state index contributed by atoms with van der Waals surface area (Å²) in [6.45, 7) is 3.95. The predicted molar refractivity (Wildman–Crippen MR) is 117 cm³/mol. The fourth-order valence-electron chi connectivity index (χ4n) is 3.18. The van der Waals surface area contributed by atoms with Crippen LogP contribution in [0.4, 0.5) is 11.4 Å². The molecule has 0 unspecified atom stereocenters. The number of para-hydroxylation sites is 2. The SMILES string of the molecule is ClCCN(CCCCCCN(CCCl)c1ccccc1)c1ccccc1. The fraction of sp³-hybridized carbons (Fsp3) is 0.455. The highest BCUT2D eigenvalue weighted by Gasteiger charge is 2.06. The van der Waals surface area contributed by atoms with Crippen LogP contribution in [0.2, 0.25) is 0 Å². The quantitative estimate of drug-likeness (QED) is 0.302. The fourth-order valence-corrected chi connectivity index (χ4v) is 3.59. The van der Waals surface area contributed by atoms with E-state index in [1.165, 1.54) is 37.1 Å². The molecule has 0 amide bonds. The third-order valence-electron chi connectivity index (χ3n) is 4.56. The number of anilines is 2. The lowest BCUT2D eigenvalue weighted by atomic mass is 10.1. The van der Waals surface area contributed by atoms with Crippen LogP contribution in [0.5, 0.6) is 0 Å². The molecular formula is C22H30Cl2N2. The Morgan fingerprint density at radius 3 is 1.23 bits per heavy atom. The molecule has 2 nitrogen and oxygen atoms in total. The summed E-state index contributed by atoms with van der Waals surface area (Å²) in [4.78, 5) is 4.77. The summed E-state index contributed by atoms with van der Waals surface area (Å²) in [6.07, 6.45) is 4.89.